The number of carbonyl (C=O) groups is 1. The van der Waals surface area contributed by atoms with E-state index in [0.717, 1.165) is 60.0 Å². The van der Waals surface area contributed by atoms with Crippen LogP contribution in [0.25, 0.3) is 11.0 Å². The van der Waals surface area contributed by atoms with Crippen LogP contribution in [0.5, 0.6) is 11.5 Å². The average molecular weight is 606 g/mol. The van der Waals surface area contributed by atoms with Crippen molar-refractivity contribution in [2.24, 2.45) is 0 Å². The summed E-state index contributed by atoms with van der Waals surface area (Å²) in [5.41, 5.74) is 3.06. The molecule has 0 bridgehead atoms. The van der Waals surface area contributed by atoms with E-state index in [-0.39, 0.29) is 35.8 Å². The Balaban J connectivity index is 1.06. The number of halogens is 3. The summed E-state index contributed by atoms with van der Waals surface area (Å²) in [6.07, 6.45) is 0.917. The lowest BCUT2D eigenvalue weighted by Gasteiger charge is -2.34. The molecule has 5 heterocycles. The minimum absolute atomic E-state index is 0.0691. The fraction of sp³-hybridized carbons (Fsp3) is 0.406. The lowest BCUT2D eigenvalue weighted by molar-refractivity contribution is -0.138. The highest BCUT2D eigenvalue weighted by atomic mass is 19.4. The molecule has 9 nitrogen and oxygen atoms in total. The van der Waals surface area contributed by atoms with E-state index in [1.165, 1.54) is 6.07 Å². The Morgan fingerprint density at radius 2 is 2.02 bits per heavy atom. The summed E-state index contributed by atoms with van der Waals surface area (Å²) >= 11 is 0. The van der Waals surface area contributed by atoms with Gasteiger partial charge in [-0.3, -0.25) is 9.88 Å². The zero-order valence-corrected chi connectivity index (χ0v) is 24.6. The number of benzene rings is 1. The molecule has 1 saturated heterocycles. The van der Waals surface area contributed by atoms with Crippen LogP contribution >= 0.6 is 0 Å². The van der Waals surface area contributed by atoms with Crippen molar-refractivity contribution in [3.8, 4) is 11.5 Å². The van der Waals surface area contributed by atoms with Gasteiger partial charge in [-0.1, -0.05) is 13.0 Å². The molecule has 0 radical (unpaired) electrons. The first-order valence-corrected chi connectivity index (χ1v) is 14.9. The molecule has 4 aromatic rings. The number of rotatable bonds is 5. The van der Waals surface area contributed by atoms with E-state index < -0.39 is 17.8 Å². The van der Waals surface area contributed by atoms with Crippen LogP contribution in [0.15, 0.2) is 48.8 Å². The van der Waals surface area contributed by atoms with Crippen molar-refractivity contribution in [3.63, 3.8) is 0 Å². The van der Waals surface area contributed by atoms with E-state index in [0.29, 0.717) is 24.6 Å². The van der Waals surface area contributed by atoms with Gasteiger partial charge in [0, 0.05) is 68.3 Å². The second-order valence-corrected chi connectivity index (χ2v) is 12.3. The molecular formula is C32H34F3N7O2. The molecule has 44 heavy (non-hydrogen) atoms. The number of aryl methyl sites for hydroxylation is 1. The van der Waals surface area contributed by atoms with Gasteiger partial charge in [-0.05, 0) is 61.2 Å². The van der Waals surface area contributed by atoms with Crippen LogP contribution < -0.4 is 15.4 Å². The molecule has 3 aliphatic rings. The van der Waals surface area contributed by atoms with Gasteiger partial charge >= 0.3 is 12.2 Å². The van der Waals surface area contributed by atoms with Crippen molar-refractivity contribution >= 4 is 22.8 Å². The maximum absolute atomic E-state index is 14.2. The van der Waals surface area contributed by atoms with Crippen LogP contribution in [0.2, 0.25) is 0 Å². The largest absolute Gasteiger partial charge is 0.455 e. The normalized spacial score (nSPS) is 19.7. The Hall–Kier alpha value is -4.16. The monoisotopic (exact) mass is 605 g/mol. The maximum atomic E-state index is 14.2. The molecule has 0 unspecified atom stereocenters. The van der Waals surface area contributed by atoms with E-state index in [2.05, 4.69) is 30.5 Å². The van der Waals surface area contributed by atoms with Gasteiger partial charge in [-0.25, -0.2) is 9.78 Å². The standard InChI is InChI=1S/C32H34F3N7O2/c1-19-15-42(17-22-12-24(14-37-28(19)22)44-27-5-8-36-29-25(27)11-20(2)39-29)30(43)40-23-4-3-21(26(13-23)32(33,34)35)16-41-10-9-38-31(18-41)6-7-31/h3-5,8,11-14,19,38H,6-7,9-10,15-18H2,1-2H3,(H,36,39)(H,40,43)/t19-/m1/s1. The fourth-order valence-corrected chi connectivity index (χ4v) is 6.48. The van der Waals surface area contributed by atoms with Gasteiger partial charge in [-0.15, -0.1) is 0 Å². The number of hydrogen-bond donors (Lipinski definition) is 3. The van der Waals surface area contributed by atoms with Gasteiger partial charge in [0.05, 0.1) is 22.8 Å². The highest BCUT2D eigenvalue weighted by Crippen LogP contribution is 2.39. The Morgan fingerprint density at radius 3 is 2.82 bits per heavy atom. The molecule has 1 atom stereocenters. The summed E-state index contributed by atoms with van der Waals surface area (Å²) in [6.45, 7) is 6.99. The number of amides is 2. The fourth-order valence-electron chi connectivity index (χ4n) is 6.48. The number of carbonyl (C=O) groups excluding carboxylic acids is 1. The highest BCUT2D eigenvalue weighted by molar-refractivity contribution is 5.89. The second-order valence-electron chi connectivity index (χ2n) is 12.3. The number of nitrogens with one attached hydrogen (secondary N) is 3. The SMILES string of the molecule is Cc1cc2c(Oc3cnc4c(c3)CN(C(=O)Nc3ccc(CN5CCNC6(CC6)C5)c(C(F)(F)F)c3)C[C@H]4C)ccnc2[nH]1. The lowest BCUT2D eigenvalue weighted by Crippen LogP contribution is -2.52. The topological polar surface area (TPSA) is 98.4 Å². The number of H-pyrrole nitrogens is 1. The molecule has 12 heteroatoms. The number of ether oxygens (including phenoxy) is 1. The Morgan fingerprint density at radius 1 is 1.18 bits per heavy atom. The Kier molecular flexibility index (Phi) is 7.00. The van der Waals surface area contributed by atoms with Crippen LogP contribution in [0.3, 0.4) is 0 Å². The third-order valence-electron chi connectivity index (χ3n) is 8.81. The van der Waals surface area contributed by atoms with Gasteiger partial charge in [0.25, 0.3) is 0 Å². The zero-order chi connectivity index (χ0) is 30.6. The molecule has 2 aliphatic heterocycles. The van der Waals surface area contributed by atoms with Crippen LogP contribution in [0.4, 0.5) is 23.7 Å². The summed E-state index contributed by atoms with van der Waals surface area (Å²) in [5, 5.41) is 7.05. The first-order chi connectivity index (χ1) is 21.0. The molecule has 3 aromatic heterocycles. The van der Waals surface area contributed by atoms with Crippen molar-refractivity contribution in [3.05, 3.63) is 76.9 Å². The maximum Gasteiger partial charge on any atom is 0.416 e. The third kappa shape index (κ3) is 5.71. The van der Waals surface area contributed by atoms with Crippen molar-refractivity contribution < 1.29 is 22.7 Å². The number of anilines is 1. The van der Waals surface area contributed by atoms with Crippen LogP contribution in [0.1, 0.15) is 53.8 Å². The molecule has 2 fully saturated rings. The van der Waals surface area contributed by atoms with Crippen LogP contribution in [0, 0.1) is 6.92 Å². The number of alkyl halides is 3. The van der Waals surface area contributed by atoms with Crippen molar-refractivity contribution in [1.29, 1.82) is 0 Å². The Bertz CT molecular complexity index is 1730. The van der Waals surface area contributed by atoms with Gasteiger partial charge < -0.3 is 25.3 Å². The number of nitrogens with zero attached hydrogens (tertiary/aromatic N) is 4. The molecule has 1 saturated carbocycles. The molecule has 3 N–H and O–H groups in total. The molecule has 230 valence electrons. The van der Waals surface area contributed by atoms with Gasteiger partial charge in [0.1, 0.15) is 17.1 Å². The lowest BCUT2D eigenvalue weighted by atomic mass is 9.96. The number of aromatic amines is 1. The van der Waals surface area contributed by atoms with E-state index in [4.69, 9.17) is 4.74 Å². The van der Waals surface area contributed by atoms with Crippen molar-refractivity contribution in [2.45, 2.75) is 57.4 Å². The second kappa shape index (κ2) is 10.8. The number of urea groups is 1. The summed E-state index contributed by atoms with van der Waals surface area (Å²) in [6, 6.07) is 9.24. The first kappa shape index (κ1) is 28.6. The number of fused-ring (bicyclic) bond motifs is 2. The van der Waals surface area contributed by atoms with E-state index in [1.54, 1.807) is 29.4 Å². The van der Waals surface area contributed by atoms with Gasteiger partial charge in [0.15, 0.2) is 0 Å². The number of pyridine rings is 2. The molecule has 7 rings (SSSR count). The number of aromatic nitrogens is 3. The summed E-state index contributed by atoms with van der Waals surface area (Å²) in [7, 11) is 0. The summed E-state index contributed by atoms with van der Waals surface area (Å²) in [4.78, 5) is 29.2. The third-order valence-corrected chi connectivity index (χ3v) is 8.81. The molecule has 2 amide bonds. The van der Waals surface area contributed by atoms with Crippen LogP contribution in [-0.2, 0) is 19.3 Å². The number of hydrogen-bond acceptors (Lipinski definition) is 6. The molecular weight excluding hydrogens is 571 g/mol. The summed E-state index contributed by atoms with van der Waals surface area (Å²) < 4.78 is 48.6. The van der Waals surface area contributed by atoms with Gasteiger partial charge in [0.2, 0.25) is 0 Å². The predicted octanol–water partition coefficient (Wildman–Crippen LogP) is 6.17. The Labute approximate surface area is 252 Å². The van der Waals surface area contributed by atoms with Gasteiger partial charge in [-0.2, -0.15) is 13.2 Å². The minimum Gasteiger partial charge on any atom is -0.455 e. The average Bonchev–Trinajstić information content (AvgIpc) is 3.59. The van der Waals surface area contributed by atoms with Crippen LogP contribution in [-0.4, -0.2) is 62.5 Å². The molecule has 1 aromatic carbocycles. The zero-order valence-electron chi connectivity index (χ0n) is 24.6. The summed E-state index contributed by atoms with van der Waals surface area (Å²) in [5.74, 6) is 1.08. The smallest absolute Gasteiger partial charge is 0.416 e. The highest BCUT2D eigenvalue weighted by Gasteiger charge is 2.45. The van der Waals surface area contributed by atoms with Crippen molar-refractivity contribution in [1.82, 2.24) is 30.1 Å². The van der Waals surface area contributed by atoms with E-state index in [9.17, 15) is 18.0 Å². The first-order valence-electron chi connectivity index (χ1n) is 14.9. The molecule has 1 aliphatic carbocycles. The van der Waals surface area contributed by atoms with Crippen molar-refractivity contribution in [2.75, 3.05) is 31.5 Å². The predicted molar refractivity (Wildman–Crippen MR) is 160 cm³/mol. The minimum atomic E-state index is -4.54. The quantitative estimate of drug-likeness (QED) is 0.252. The number of piperazine rings is 1. The van der Waals surface area contributed by atoms with E-state index >= 15 is 0 Å². The molecule has 1 spiro atoms. The van der Waals surface area contributed by atoms with E-state index in [1.807, 2.05) is 26.0 Å².